The smallest absolute Gasteiger partial charge is 0.124 e. The monoisotopic (exact) mass is 344 g/mol. The molecule has 0 spiro atoms. The fraction of sp³-hybridized carbons (Fsp3) is 0.188. The van der Waals surface area contributed by atoms with Gasteiger partial charge < -0.3 is 5.32 Å². The van der Waals surface area contributed by atoms with Crippen LogP contribution >= 0.6 is 27.3 Å². The summed E-state index contributed by atoms with van der Waals surface area (Å²) in [5.74, 6) is 0. The number of benzene rings is 2. The lowest BCUT2D eigenvalue weighted by molar-refractivity contribution is 0.645. The van der Waals surface area contributed by atoms with Crippen molar-refractivity contribution in [1.82, 2.24) is 10.3 Å². The van der Waals surface area contributed by atoms with Crippen molar-refractivity contribution in [2.24, 2.45) is 0 Å². The van der Waals surface area contributed by atoms with Gasteiger partial charge in [-0.2, -0.15) is 0 Å². The number of fused-ring (bicyclic) bond motifs is 2. The summed E-state index contributed by atoms with van der Waals surface area (Å²) < 4.78 is 2.33. The van der Waals surface area contributed by atoms with Crippen molar-refractivity contribution in [3.8, 4) is 10.6 Å². The Balaban J connectivity index is 1.90. The van der Waals surface area contributed by atoms with E-state index in [-0.39, 0.29) is 0 Å². The van der Waals surface area contributed by atoms with Crippen molar-refractivity contribution in [1.29, 1.82) is 0 Å². The number of nitrogens with one attached hydrogen (secondary N) is 1. The lowest BCUT2D eigenvalue weighted by Crippen LogP contribution is -2.23. The second kappa shape index (κ2) is 4.95. The third-order valence-corrected chi connectivity index (χ3v) is 5.28. The molecule has 2 nitrogen and oxygen atoms in total. The van der Waals surface area contributed by atoms with Crippen molar-refractivity contribution >= 4 is 37.5 Å². The Morgan fingerprint density at radius 2 is 2.15 bits per heavy atom. The molecule has 0 saturated carbocycles. The molecule has 0 fully saturated rings. The molecule has 0 saturated heterocycles. The molecule has 100 valence electrons. The summed E-state index contributed by atoms with van der Waals surface area (Å²) in [6, 6.07) is 12.9. The third-order valence-electron chi connectivity index (χ3n) is 3.72. The molecule has 0 amide bonds. The molecule has 0 unspecified atom stereocenters. The zero-order chi connectivity index (χ0) is 13.5. The molecule has 2 aromatic carbocycles. The van der Waals surface area contributed by atoms with Crippen LogP contribution in [0.15, 0.2) is 40.9 Å². The number of thiazole rings is 1. The molecule has 2 heterocycles. The molecule has 0 radical (unpaired) electrons. The number of aromatic nitrogens is 1. The van der Waals surface area contributed by atoms with Crippen LogP contribution in [0.5, 0.6) is 0 Å². The zero-order valence-electron chi connectivity index (χ0n) is 10.8. The second-order valence-electron chi connectivity index (χ2n) is 5.00. The van der Waals surface area contributed by atoms with Gasteiger partial charge in [-0.05, 0) is 42.3 Å². The van der Waals surface area contributed by atoms with E-state index in [1.807, 2.05) is 0 Å². The average molecular weight is 345 g/mol. The van der Waals surface area contributed by atoms with Crippen LogP contribution in [-0.2, 0) is 13.0 Å². The first-order chi connectivity index (χ1) is 9.81. The van der Waals surface area contributed by atoms with E-state index in [0.29, 0.717) is 0 Å². The van der Waals surface area contributed by atoms with Crippen LogP contribution in [0.25, 0.3) is 20.8 Å². The number of nitrogens with zero attached hydrogens (tertiary/aromatic N) is 1. The minimum absolute atomic E-state index is 0.972. The maximum Gasteiger partial charge on any atom is 0.124 e. The highest BCUT2D eigenvalue weighted by molar-refractivity contribution is 9.10. The van der Waals surface area contributed by atoms with Crippen molar-refractivity contribution in [3.05, 3.63) is 52.0 Å². The normalized spacial score (nSPS) is 14.4. The van der Waals surface area contributed by atoms with E-state index in [4.69, 9.17) is 4.98 Å². The molecular weight excluding hydrogens is 332 g/mol. The van der Waals surface area contributed by atoms with E-state index in [1.54, 1.807) is 11.3 Å². The molecule has 0 bridgehead atoms. The minimum atomic E-state index is 0.972. The van der Waals surface area contributed by atoms with Gasteiger partial charge in [0.25, 0.3) is 0 Å². The van der Waals surface area contributed by atoms with E-state index in [2.05, 4.69) is 57.6 Å². The fourth-order valence-electron chi connectivity index (χ4n) is 2.75. The van der Waals surface area contributed by atoms with Crippen LogP contribution < -0.4 is 5.32 Å². The van der Waals surface area contributed by atoms with E-state index < -0.39 is 0 Å². The molecule has 4 rings (SSSR count). The molecule has 20 heavy (non-hydrogen) atoms. The Bertz CT molecular complexity index is 794. The van der Waals surface area contributed by atoms with Gasteiger partial charge in [-0.25, -0.2) is 4.98 Å². The molecule has 1 N–H and O–H groups in total. The van der Waals surface area contributed by atoms with Gasteiger partial charge in [0.2, 0.25) is 0 Å². The first-order valence-corrected chi connectivity index (χ1v) is 8.30. The Labute approximate surface area is 130 Å². The Hall–Kier alpha value is -1.23. The molecule has 0 aliphatic carbocycles. The predicted octanol–water partition coefficient (Wildman–Crippen LogP) is 4.37. The summed E-state index contributed by atoms with van der Waals surface area (Å²) in [5.41, 5.74) is 5.26. The standard InChI is InChI=1S/C16H13BrN2S/c17-11-4-5-15-14(8-11)19-16(20-15)13-3-1-2-10-9-18-7-6-12(10)13/h1-5,8,18H,6-7,9H2. The van der Waals surface area contributed by atoms with Crippen molar-refractivity contribution in [2.45, 2.75) is 13.0 Å². The van der Waals surface area contributed by atoms with E-state index in [9.17, 15) is 0 Å². The van der Waals surface area contributed by atoms with Gasteiger partial charge in [0.1, 0.15) is 5.01 Å². The number of hydrogen-bond acceptors (Lipinski definition) is 3. The van der Waals surface area contributed by atoms with Gasteiger partial charge in [-0.3, -0.25) is 0 Å². The van der Waals surface area contributed by atoms with Crippen molar-refractivity contribution in [2.75, 3.05) is 6.54 Å². The summed E-state index contributed by atoms with van der Waals surface area (Å²) in [6.07, 6.45) is 1.09. The quantitative estimate of drug-likeness (QED) is 0.708. The number of hydrogen-bond donors (Lipinski definition) is 1. The molecule has 1 aromatic heterocycles. The maximum absolute atomic E-state index is 4.82. The van der Waals surface area contributed by atoms with Gasteiger partial charge in [0, 0.05) is 16.6 Å². The van der Waals surface area contributed by atoms with Crippen LogP contribution in [0, 0.1) is 0 Å². The highest BCUT2D eigenvalue weighted by Gasteiger charge is 2.16. The largest absolute Gasteiger partial charge is 0.312 e. The molecule has 1 aliphatic heterocycles. The number of rotatable bonds is 1. The highest BCUT2D eigenvalue weighted by Crippen LogP contribution is 2.35. The van der Waals surface area contributed by atoms with Gasteiger partial charge in [0.05, 0.1) is 10.2 Å². The summed E-state index contributed by atoms with van der Waals surface area (Å²) in [5, 5.41) is 4.57. The first kappa shape index (κ1) is 12.5. The predicted molar refractivity (Wildman–Crippen MR) is 88.2 cm³/mol. The molecule has 0 atom stereocenters. The first-order valence-electron chi connectivity index (χ1n) is 6.69. The van der Waals surface area contributed by atoms with Crippen LogP contribution in [-0.4, -0.2) is 11.5 Å². The zero-order valence-corrected chi connectivity index (χ0v) is 13.2. The van der Waals surface area contributed by atoms with Gasteiger partial charge >= 0.3 is 0 Å². The summed E-state index contributed by atoms with van der Waals surface area (Å²) in [4.78, 5) is 4.82. The molecular formula is C16H13BrN2S. The Morgan fingerprint density at radius 1 is 1.20 bits per heavy atom. The van der Waals surface area contributed by atoms with Crippen molar-refractivity contribution < 1.29 is 0 Å². The minimum Gasteiger partial charge on any atom is -0.312 e. The van der Waals surface area contributed by atoms with Gasteiger partial charge in [-0.15, -0.1) is 11.3 Å². The van der Waals surface area contributed by atoms with Crippen LogP contribution in [0.2, 0.25) is 0 Å². The highest BCUT2D eigenvalue weighted by atomic mass is 79.9. The van der Waals surface area contributed by atoms with Gasteiger partial charge in [0.15, 0.2) is 0 Å². The van der Waals surface area contributed by atoms with Gasteiger partial charge in [-0.1, -0.05) is 34.1 Å². The van der Waals surface area contributed by atoms with Crippen LogP contribution in [0.1, 0.15) is 11.1 Å². The molecule has 3 aromatic rings. The number of halogens is 1. The van der Waals surface area contributed by atoms with E-state index >= 15 is 0 Å². The second-order valence-corrected chi connectivity index (χ2v) is 6.95. The lowest BCUT2D eigenvalue weighted by atomic mass is 9.96. The average Bonchev–Trinajstić information content (AvgIpc) is 2.89. The topological polar surface area (TPSA) is 24.9 Å². The molecule has 1 aliphatic rings. The molecule has 4 heteroatoms. The van der Waals surface area contributed by atoms with Crippen molar-refractivity contribution in [3.63, 3.8) is 0 Å². The third kappa shape index (κ3) is 2.08. The summed E-state index contributed by atoms with van der Waals surface area (Å²) >= 11 is 5.29. The maximum atomic E-state index is 4.82. The fourth-order valence-corrected chi connectivity index (χ4v) is 4.10. The van der Waals surface area contributed by atoms with Crippen LogP contribution in [0.3, 0.4) is 0 Å². The van der Waals surface area contributed by atoms with E-state index in [0.717, 1.165) is 34.5 Å². The lowest BCUT2D eigenvalue weighted by Gasteiger charge is -2.19. The van der Waals surface area contributed by atoms with E-state index in [1.165, 1.54) is 21.4 Å². The SMILES string of the molecule is Brc1ccc2sc(-c3cccc4c3CCNC4)nc2c1. The Morgan fingerprint density at radius 3 is 3.10 bits per heavy atom. The van der Waals surface area contributed by atoms with Crippen LogP contribution in [0.4, 0.5) is 0 Å². The Kier molecular flexibility index (Phi) is 3.10. The summed E-state index contributed by atoms with van der Waals surface area (Å²) in [7, 11) is 0. The summed E-state index contributed by atoms with van der Waals surface area (Å²) in [6.45, 7) is 2.03.